The summed E-state index contributed by atoms with van der Waals surface area (Å²) in [6, 6.07) is 11.3. The third-order valence-electron chi connectivity index (χ3n) is 9.18. The second-order valence-electron chi connectivity index (χ2n) is 11.8. The van der Waals surface area contributed by atoms with Crippen LogP contribution in [0.2, 0.25) is 0 Å². The molecule has 234 valence electrons. The van der Waals surface area contributed by atoms with Gasteiger partial charge in [0.15, 0.2) is 40.6 Å². The summed E-state index contributed by atoms with van der Waals surface area (Å²) >= 11 is 2.76. The number of aryl methyl sites for hydroxylation is 2. The Labute approximate surface area is 274 Å². The highest BCUT2D eigenvalue weighted by atomic mass is 32.1. The average molecular weight is 681 g/mol. The van der Waals surface area contributed by atoms with Gasteiger partial charge in [0, 0.05) is 51.3 Å². The predicted octanol–water partition coefficient (Wildman–Crippen LogP) is 8.58. The second kappa shape index (κ2) is 9.55. The zero-order valence-electron chi connectivity index (χ0n) is 24.6. The van der Waals surface area contributed by atoms with Crippen molar-refractivity contribution >= 4 is 100 Å². The summed E-state index contributed by atoms with van der Waals surface area (Å²) in [5.74, 6) is -7.69. The number of nitrogens with zero attached hydrogens (tertiary/aromatic N) is 2. The number of carbonyl (C=O) groups excluding carboxylic acids is 4. The molecule has 0 spiro atoms. The maximum absolute atomic E-state index is 14.4. The zero-order valence-corrected chi connectivity index (χ0v) is 26.3. The van der Waals surface area contributed by atoms with Gasteiger partial charge in [0.25, 0.3) is 0 Å². The number of allylic oxidation sites excluding steroid dienone is 2. The van der Waals surface area contributed by atoms with Crippen molar-refractivity contribution in [3.05, 3.63) is 115 Å². The first-order valence-corrected chi connectivity index (χ1v) is 16.1. The van der Waals surface area contributed by atoms with Crippen molar-refractivity contribution in [2.24, 2.45) is 14.1 Å². The number of halogens is 4. The molecule has 4 heterocycles. The molecule has 9 rings (SSSR count). The van der Waals surface area contributed by atoms with Crippen molar-refractivity contribution in [3.63, 3.8) is 0 Å². The minimum Gasteiger partial charge on any atom is -0.343 e. The topological polar surface area (TPSA) is 78.1 Å². The van der Waals surface area contributed by atoms with Crippen LogP contribution in [-0.4, -0.2) is 32.3 Å². The fourth-order valence-electron chi connectivity index (χ4n) is 6.79. The van der Waals surface area contributed by atoms with E-state index in [1.807, 2.05) is 35.4 Å². The lowest BCUT2D eigenvalue weighted by molar-refractivity contribution is 0.0974. The summed E-state index contributed by atoms with van der Waals surface area (Å²) in [6.07, 6.45) is 2.89. The van der Waals surface area contributed by atoms with E-state index in [9.17, 15) is 36.7 Å². The summed E-state index contributed by atoms with van der Waals surface area (Å²) in [5, 5.41) is 1.88. The van der Waals surface area contributed by atoms with Gasteiger partial charge in [-0.1, -0.05) is 0 Å². The number of hydrogen-bond acceptors (Lipinski definition) is 6. The highest BCUT2D eigenvalue weighted by Gasteiger charge is 2.37. The molecule has 0 saturated carbocycles. The number of Topliss-reactive ketones (excluding diaryl/α,β-unsaturated/α-hetero) is 4. The van der Waals surface area contributed by atoms with Crippen LogP contribution in [0.25, 0.3) is 54.4 Å². The van der Waals surface area contributed by atoms with Crippen LogP contribution in [0.4, 0.5) is 17.6 Å². The van der Waals surface area contributed by atoms with Gasteiger partial charge in [-0.15, -0.1) is 22.7 Å². The Morgan fingerprint density at radius 2 is 1.00 bits per heavy atom. The lowest BCUT2D eigenvalue weighted by Gasteiger charge is -2.01. The second-order valence-corrected chi connectivity index (χ2v) is 13.9. The van der Waals surface area contributed by atoms with Crippen LogP contribution in [0.5, 0.6) is 0 Å². The summed E-state index contributed by atoms with van der Waals surface area (Å²) < 4.78 is 61.6. The SMILES string of the molecule is Cn1c2cc3c4sc(/C=C5\C(=O)c6ccc(F)c(F)c6C5=O)cc4n(C)c3cc2c2sc(C=C3C(=O)c4cc(F)c(F)cc4C3=O)cc21. The van der Waals surface area contributed by atoms with Gasteiger partial charge in [0.2, 0.25) is 5.78 Å². The van der Waals surface area contributed by atoms with E-state index in [4.69, 9.17) is 0 Å². The van der Waals surface area contributed by atoms with Crippen molar-refractivity contribution in [2.75, 3.05) is 0 Å². The monoisotopic (exact) mass is 680 g/mol. The number of benzene rings is 3. The molecule has 48 heavy (non-hydrogen) atoms. The van der Waals surface area contributed by atoms with Gasteiger partial charge in [-0.25, -0.2) is 17.6 Å². The maximum Gasteiger partial charge on any atom is 0.200 e. The first kappa shape index (κ1) is 28.7. The number of thiophene rings is 2. The highest BCUT2D eigenvalue weighted by Crippen LogP contribution is 2.43. The van der Waals surface area contributed by atoms with Crippen LogP contribution < -0.4 is 0 Å². The molecular formula is C36H16F4N2O4S2. The molecule has 0 N–H and O–H groups in total. The van der Waals surface area contributed by atoms with E-state index in [0.29, 0.717) is 9.75 Å². The van der Waals surface area contributed by atoms with Crippen molar-refractivity contribution in [1.82, 2.24) is 9.13 Å². The Bertz CT molecular complexity index is 2780. The van der Waals surface area contributed by atoms with Gasteiger partial charge in [-0.3, -0.25) is 19.2 Å². The van der Waals surface area contributed by atoms with Crippen molar-refractivity contribution in [2.45, 2.75) is 0 Å². The predicted molar refractivity (Wildman–Crippen MR) is 176 cm³/mol. The van der Waals surface area contributed by atoms with Crippen LogP contribution in [0, 0.1) is 23.3 Å². The van der Waals surface area contributed by atoms with Gasteiger partial charge < -0.3 is 9.13 Å². The van der Waals surface area contributed by atoms with Gasteiger partial charge in [-0.2, -0.15) is 0 Å². The van der Waals surface area contributed by atoms with E-state index in [1.54, 1.807) is 0 Å². The highest BCUT2D eigenvalue weighted by molar-refractivity contribution is 7.21. The lowest BCUT2D eigenvalue weighted by Crippen LogP contribution is -2.01. The van der Waals surface area contributed by atoms with Crippen LogP contribution in [-0.2, 0) is 14.1 Å². The number of ketones is 4. The van der Waals surface area contributed by atoms with Crippen molar-refractivity contribution in [1.29, 1.82) is 0 Å². The van der Waals surface area contributed by atoms with Crippen LogP contribution >= 0.6 is 22.7 Å². The molecule has 0 fully saturated rings. The summed E-state index contributed by atoms with van der Waals surface area (Å²) in [6.45, 7) is 0. The molecule has 12 heteroatoms. The first-order chi connectivity index (χ1) is 22.9. The van der Waals surface area contributed by atoms with E-state index in [0.717, 1.165) is 66.5 Å². The molecule has 0 atom stereocenters. The molecule has 0 unspecified atom stereocenters. The normalized spacial score (nSPS) is 15.5. The van der Waals surface area contributed by atoms with Crippen molar-refractivity contribution in [3.8, 4) is 0 Å². The standard InChI is InChI=1S/C36H16F4N2O4S2/c1-41-25-12-19-26(42(2)28-8-14(48-36(19)28)6-21-31(43)15-3-4-22(37)30(40)29(15)34(21)46)11-18(25)35-27(41)7-13(47-35)5-20-32(44)16-9-23(38)24(39)10-17(16)33(20)45/h3-12H,1-2H3/b21-6+. The van der Waals surface area contributed by atoms with Crippen molar-refractivity contribution < 1.29 is 36.7 Å². The zero-order chi connectivity index (χ0) is 33.5. The quantitative estimate of drug-likeness (QED) is 0.104. The average Bonchev–Trinajstić information content (AvgIpc) is 3.87. The number of rotatable bonds is 2. The summed E-state index contributed by atoms with van der Waals surface area (Å²) in [7, 11) is 3.79. The molecule has 0 amide bonds. The Balaban J connectivity index is 1.13. The number of hydrogen-bond donors (Lipinski definition) is 0. The fourth-order valence-corrected chi connectivity index (χ4v) is 9.10. The van der Waals surface area contributed by atoms with E-state index in [1.165, 1.54) is 34.8 Å². The lowest BCUT2D eigenvalue weighted by atomic mass is 10.1. The fraction of sp³-hybridized carbons (Fsp3) is 0.0556. The number of aromatic nitrogens is 2. The largest absolute Gasteiger partial charge is 0.343 e. The molecule has 7 aromatic rings. The first-order valence-electron chi connectivity index (χ1n) is 14.5. The van der Waals surface area contributed by atoms with Crippen LogP contribution in [0.3, 0.4) is 0 Å². The Hall–Kier alpha value is -5.46. The summed E-state index contributed by atoms with van der Waals surface area (Å²) in [5.41, 5.74) is 2.18. The number of carbonyl (C=O) groups is 4. The molecule has 2 aliphatic rings. The van der Waals surface area contributed by atoms with E-state index < -0.39 is 52.0 Å². The van der Waals surface area contributed by atoms with Gasteiger partial charge >= 0.3 is 0 Å². The van der Waals surface area contributed by atoms with Crippen LogP contribution in [0.1, 0.15) is 51.2 Å². The van der Waals surface area contributed by atoms with Crippen LogP contribution in [0.15, 0.2) is 59.7 Å². The van der Waals surface area contributed by atoms with Gasteiger partial charge in [-0.05, 0) is 60.7 Å². The van der Waals surface area contributed by atoms with E-state index in [-0.39, 0.29) is 27.8 Å². The molecule has 0 radical (unpaired) electrons. The maximum atomic E-state index is 14.4. The van der Waals surface area contributed by atoms with Gasteiger partial charge in [0.1, 0.15) is 0 Å². The Kier molecular flexibility index (Phi) is 5.72. The van der Waals surface area contributed by atoms with E-state index >= 15 is 0 Å². The molecule has 0 aliphatic heterocycles. The smallest absolute Gasteiger partial charge is 0.200 e. The summed E-state index contributed by atoms with van der Waals surface area (Å²) in [4.78, 5) is 53.0. The number of fused-ring (bicyclic) bond motifs is 8. The van der Waals surface area contributed by atoms with Gasteiger partial charge in [0.05, 0.1) is 48.2 Å². The Morgan fingerprint density at radius 1 is 0.542 bits per heavy atom. The molecule has 2 aliphatic carbocycles. The molecular weight excluding hydrogens is 665 g/mol. The molecule has 0 saturated heterocycles. The molecule has 0 bridgehead atoms. The minimum absolute atomic E-state index is 0.149. The molecule has 3 aromatic carbocycles. The third kappa shape index (κ3) is 3.66. The minimum atomic E-state index is -1.33. The third-order valence-corrected chi connectivity index (χ3v) is 11.4. The van der Waals surface area contributed by atoms with E-state index in [2.05, 4.69) is 12.1 Å². The molecule has 4 aromatic heterocycles. The Morgan fingerprint density at radius 3 is 1.50 bits per heavy atom. The molecule has 6 nitrogen and oxygen atoms in total.